The van der Waals surface area contributed by atoms with Crippen LogP contribution in [0.1, 0.15) is 40.5 Å². The van der Waals surface area contributed by atoms with Crippen molar-refractivity contribution in [2.24, 2.45) is 0 Å². The van der Waals surface area contributed by atoms with Crippen molar-refractivity contribution in [1.29, 1.82) is 0 Å². The van der Waals surface area contributed by atoms with E-state index in [1.54, 1.807) is 13.8 Å². The minimum Gasteiger partial charge on any atom is -0.467 e. The highest BCUT2D eigenvalue weighted by Crippen LogP contribution is 2.30. The highest BCUT2D eigenvalue weighted by molar-refractivity contribution is 8.14. The fourth-order valence-electron chi connectivity index (χ4n) is 1.59. The minimum absolute atomic E-state index is 0.106. The van der Waals surface area contributed by atoms with Gasteiger partial charge in [0.1, 0.15) is 6.04 Å². The average Bonchev–Trinajstić information content (AvgIpc) is 2.64. The summed E-state index contributed by atoms with van der Waals surface area (Å²) in [7, 11) is 1.11. The number of esters is 3. The van der Waals surface area contributed by atoms with E-state index in [0.717, 1.165) is 7.11 Å². The van der Waals surface area contributed by atoms with E-state index in [0.29, 0.717) is 11.8 Å². The topological polar surface area (TPSA) is 144 Å². The van der Waals surface area contributed by atoms with Gasteiger partial charge in [-0.25, -0.2) is 14.4 Å². The second-order valence-corrected chi connectivity index (χ2v) is 7.20. The van der Waals surface area contributed by atoms with Gasteiger partial charge in [0, 0.05) is 12.8 Å². The molecular weight excluding hydrogens is 398 g/mol. The zero-order chi connectivity index (χ0) is 21.7. The van der Waals surface area contributed by atoms with Crippen molar-refractivity contribution < 1.29 is 47.7 Å². The number of thioether (sulfide) groups is 1. The molecule has 12 heteroatoms. The molecule has 0 aliphatic rings. The van der Waals surface area contributed by atoms with Crippen molar-refractivity contribution in [3.05, 3.63) is 0 Å². The Bertz CT molecular complexity index is 578. The number of rotatable bonds is 10. The number of amides is 1. The molecule has 0 unspecified atom stereocenters. The predicted molar refractivity (Wildman–Crippen MR) is 96.1 cm³/mol. The van der Waals surface area contributed by atoms with Crippen LogP contribution in [-0.4, -0.2) is 60.8 Å². The molecule has 160 valence electrons. The highest BCUT2D eigenvalue weighted by Gasteiger charge is 2.41. The lowest BCUT2D eigenvalue weighted by Gasteiger charge is -2.30. The van der Waals surface area contributed by atoms with Crippen molar-refractivity contribution in [1.82, 2.24) is 5.32 Å². The number of hydrogen-bond donors (Lipinski definition) is 1. The first kappa shape index (κ1) is 25.5. The van der Waals surface area contributed by atoms with Crippen molar-refractivity contribution >= 4 is 41.1 Å². The second kappa shape index (κ2) is 12.8. The average molecular weight is 423 g/mol. The predicted octanol–water partition coefficient (Wildman–Crippen LogP) is 1.72. The number of ether oxygens (including phenoxy) is 5. The number of alkyl carbamates (subject to hydrolysis) is 1. The lowest BCUT2D eigenvalue weighted by atomic mass is 10.0. The molecule has 28 heavy (non-hydrogen) atoms. The van der Waals surface area contributed by atoms with Crippen LogP contribution < -0.4 is 5.32 Å². The van der Waals surface area contributed by atoms with Gasteiger partial charge in [-0.1, -0.05) is 13.8 Å². The number of carbonyl (C=O) groups excluding carboxylic acids is 5. The molecule has 0 aliphatic carbocycles. The van der Waals surface area contributed by atoms with Gasteiger partial charge >= 0.3 is 29.3 Å². The van der Waals surface area contributed by atoms with Crippen LogP contribution in [0.15, 0.2) is 0 Å². The van der Waals surface area contributed by atoms with Gasteiger partial charge in [0.05, 0.1) is 11.9 Å². The highest BCUT2D eigenvalue weighted by atomic mass is 32.2. The fraction of sp³-hybridized carbons (Fsp3) is 0.688. The fourth-order valence-corrected chi connectivity index (χ4v) is 2.40. The molecule has 11 nitrogen and oxygen atoms in total. The van der Waals surface area contributed by atoms with Gasteiger partial charge in [0.15, 0.2) is 0 Å². The molecule has 0 fully saturated rings. The molecule has 1 N–H and O–H groups in total. The third-order valence-corrected chi connectivity index (χ3v) is 4.17. The van der Waals surface area contributed by atoms with Crippen LogP contribution in [0.2, 0.25) is 0 Å². The zero-order valence-corrected chi connectivity index (χ0v) is 17.2. The van der Waals surface area contributed by atoms with Crippen molar-refractivity contribution in [3.8, 4) is 0 Å². The molecular formula is C16H25NO10S. The number of methoxy groups -OCH3 is 1. The third-order valence-electron chi connectivity index (χ3n) is 3.12. The molecule has 0 saturated heterocycles. The van der Waals surface area contributed by atoms with Crippen molar-refractivity contribution in [3.63, 3.8) is 0 Å². The van der Waals surface area contributed by atoms with E-state index in [2.05, 4.69) is 24.3 Å². The molecule has 0 aliphatic heterocycles. The Morgan fingerprint density at radius 1 is 0.893 bits per heavy atom. The van der Waals surface area contributed by atoms with Crippen LogP contribution in [0.3, 0.4) is 0 Å². The van der Waals surface area contributed by atoms with E-state index in [-0.39, 0.29) is 12.8 Å². The van der Waals surface area contributed by atoms with E-state index < -0.39 is 53.7 Å². The van der Waals surface area contributed by atoms with Crippen LogP contribution in [0, 0.1) is 0 Å². The Morgan fingerprint density at radius 3 is 1.86 bits per heavy atom. The van der Waals surface area contributed by atoms with Crippen LogP contribution in [0.25, 0.3) is 0 Å². The van der Waals surface area contributed by atoms with Crippen LogP contribution in [-0.2, 0) is 38.1 Å². The third kappa shape index (κ3) is 10.00. The Balaban J connectivity index is 4.80. The summed E-state index contributed by atoms with van der Waals surface area (Å²) >= 11 is 0.578. The van der Waals surface area contributed by atoms with Crippen LogP contribution >= 0.6 is 11.8 Å². The second-order valence-electron chi connectivity index (χ2n) is 5.61. The van der Waals surface area contributed by atoms with E-state index in [4.69, 9.17) is 4.74 Å². The van der Waals surface area contributed by atoms with Gasteiger partial charge < -0.3 is 29.0 Å². The Hall–Kier alpha value is -2.50. The van der Waals surface area contributed by atoms with Gasteiger partial charge in [-0.05, 0) is 25.6 Å². The summed E-state index contributed by atoms with van der Waals surface area (Å²) in [6.07, 6.45) is -0.826. The minimum atomic E-state index is -1.30. The first-order valence-corrected chi connectivity index (χ1v) is 9.07. The normalized spacial score (nSPS) is 11.6. The SMILES string of the molecule is CCC(=O)OCOC(=O)N[C@@H](C(=O)OC)C(C)(C)SC(=O)OCOC(=O)CC. The number of hydrogen-bond acceptors (Lipinski definition) is 11. The molecule has 0 rings (SSSR count). The molecule has 0 bridgehead atoms. The van der Waals surface area contributed by atoms with Crippen LogP contribution in [0.4, 0.5) is 9.59 Å². The molecule has 0 heterocycles. The Morgan fingerprint density at radius 2 is 1.39 bits per heavy atom. The summed E-state index contributed by atoms with van der Waals surface area (Å²) in [4.78, 5) is 57.8. The smallest absolute Gasteiger partial charge is 0.410 e. The van der Waals surface area contributed by atoms with Gasteiger partial charge in [0.25, 0.3) is 0 Å². The molecule has 0 radical (unpaired) electrons. The zero-order valence-electron chi connectivity index (χ0n) is 16.4. The van der Waals surface area contributed by atoms with Crippen LogP contribution in [0.5, 0.6) is 0 Å². The molecule has 0 spiro atoms. The summed E-state index contributed by atoms with van der Waals surface area (Å²) in [5, 5.41) is 1.41. The summed E-state index contributed by atoms with van der Waals surface area (Å²) in [6.45, 7) is 4.90. The molecule has 0 saturated carbocycles. The summed E-state index contributed by atoms with van der Waals surface area (Å²) in [5.41, 5.74) is 0. The monoisotopic (exact) mass is 423 g/mol. The van der Waals surface area contributed by atoms with Crippen molar-refractivity contribution in [2.45, 2.75) is 51.3 Å². The van der Waals surface area contributed by atoms with Gasteiger partial charge in [-0.3, -0.25) is 9.59 Å². The Labute approximate surface area is 166 Å². The van der Waals surface area contributed by atoms with E-state index in [1.165, 1.54) is 13.8 Å². The molecule has 1 amide bonds. The molecule has 0 aromatic rings. The Kier molecular flexibility index (Phi) is 11.7. The van der Waals surface area contributed by atoms with E-state index in [9.17, 15) is 24.0 Å². The lowest BCUT2D eigenvalue weighted by molar-refractivity contribution is -0.152. The lowest BCUT2D eigenvalue weighted by Crippen LogP contribution is -2.53. The van der Waals surface area contributed by atoms with Gasteiger partial charge in [0.2, 0.25) is 13.6 Å². The first-order chi connectivity index (χ1) is 13.1. The maximum atomic E-state index is 12.0. The molecule has 1 atom stereocenters. The number of nitrogens with one attached hydrogen (secondary N) is 1. The van der Waals surface area contributed by atoms with E-state index in [1.807, 2.05) is 0 Å². The summed E-state index contributed by atoms with van der Waals surface area (Å²) in [6, 6.07) is -1.30. The summed E-state index contributed by atoms with van der Waals surface area (Å²) in [5.74, 6) is -1.96. The number of carbonyl (C=O) groups is 5. The maximum Gasteiger partial charge on any atom is 0.410 e. The summed E-state index contributed by atoms with van der Waals surface area (Å²) < 4.78 is 22.0. The standard InChI is InChI=1S/C16H25NO10S/c1-6-10(18)24-8-26-14(21)17-12(13(20)23-5)16(3,4)28-15(22)27-9-25-11(19)7-2/h12H,6-9H2,1-5H3,(H,17,21)/t12-/m0/s1. The van der Waals surface area contributed by atoms with E-state index >= 15 is 0 Å². The maximum absolute atomic E-state index is 12.0. The molecule has 0 aromatic heterocycles. The largest absolute Gasteiger partial charge is 0.467 e. The molecule has 0 aromatic carbocycles. The quantitative estimate of drug-likeness (QED) is 0.311. The van der Waals surface area contributed by atoms with Gasteiger partial charge in [-0.2, -0.15) is 0 Å². The first-order valence-electron chi connectivity index (χ1n) is 8.25. The van der Waals surface area contributed by atoms with Gasteiger partial charge in [-0.15, -0.1) is 0 Å². The van der Waals surface area contributed by atoms with Crippen molar-refractivity contribution in [2.75, 3.05) is 20.7 Å².